The molecule has 0 aliphatic heterocycles. The van der Waals surface area contributed by atoms with Crippen molar-refractivity contribution in [1.82, 2.24) is 4.90 Å². The molecule has 0 aliphatic carbocycles. The highest BCUT2D eigenvalue weighted by molar-refractivity contribution is 6.31. The maximum absolute atomic E-state index is 13.5. The third-order valence-electron chi connectivity index (χ3n) is 5.27. The number of carbonyl (C=O) groups excluding carboxylic acids is 2. The van der Waals surface area contributed by atoms with Crippen LogP contribution >= 0.6 is 11.6 Å². The Morgan fingerprint density at radius 1 is 0.971 bits per heavy atom. The van der Waals surface area contributed by atoms with E-state index in [1.807, 2.05) is 26.8 Å². The number of hydrogen-bond donors (Lipinski definition) is 1. The number of aliphatic hydroxyl groups excluding tert-OH is 1. The van der Waals surface area contributed by atoms with Crippen molar-refractivity contribution in [2.45, 2.75) is 39.7 Å². The molecule has 0 saturated heterocycles. The average Bonchev–Trinajstić information content (AvgIpc) is 2.79. The summed E-state index contributed by atoms with van der Waals surface area (Å²) in [7, 11) is 6.33. The standard InChI is InChI=1S/C26H35ClN2O5/c1-26(2,3)16-29(23(31)13-12-22(30)28(4)5)24-19(14-17(27)15-21(24)34-7)25(32)18-10-8-9-11-20(18)33-6/h8-11,14-15,25,32H,12-13,16H2,1-7H3/t25-/m1/s1. The predicted octanol–water partition coefficient (Wildman–Crippen LogP) is 4.69. The molecule has 34 heavy (non-hydrogen) atoms. The van der Waals surface area contributed by atoms with Crippen LogP contribution in [-0.4, -0.2) is 56.7 Å². The number of carbonyl (C=O) groups is 2. The van der Waals surface area contributed by atoms with Crippen LogP contribution in [0.3, 0.4) is 0 Å². The molecule has 0 saturated carbocycles. The fourth-order valence-electron chi connectivity index (χ4n) is 3.65. The minimum Gasteiger partial charge on any atom is -0.496 e. The summed E-state index contributed by atoms with van der Waals surface area (Å²) in [5.74, 6) is 0.471. The molecule has 0 heterocycles. The molecule has 0 fully saturated rings. The van der Waals surface area contributed by atoms with Crippen LogP contribution in [0.4, 0.5) is 5.69 Å². The van der Waals surface area contributed by atoms with Crippen molar-refractivity contribution in [3.63, 3.8) is 0 Å². The van der Waals surface area contributed by atoms with E-state index >= 15 is 0 Å². The van der Waals surface area contributed by atoms with Gasteiger partial charge in [-0.15, -0.1) is 0 Å². The number of nitrogens with zero attached hydrogens (tertiary/aromatic N) is 2. The van der Waals surface area contributed by atoms with Crippen LogP contribution in [0.5, 0.6) is 11.5 Å². The molecule has 2 aromatic carbocycles. The van der Waals surface area contributed by atoms with Gasteiger partial charge in [0.05, 0.1) is 19.9 Å². The molecule has 0 radical (unpaired) electrons. The zero-order valence-electron chi connectivity index (χ0n) is 21.0. The first kappa shape index (κ1) is 27.5. The van der Waals surface area contributed by atoms with Crippen LogP contribution in [0.25, 0.3) is 0 Å². The van der Waals surface area contributed by atoms with Crippen molar-refractivity contribution in [2.24, 2.45) is 5.41 Å². The van der Waals surface area contributed by atoms with E-state index in [0.717, 1.165) is 0 Å². The van der Waals surface area contributed by atoms with Crippen molar-refractivity contribution in [2.75, 3.05) is 39.8 Å². The summed E-state index contributed by atoms with van der Waals surface area (Å²) in [6, 6.07) is 10.4. The van der Waals surface area contributed by atoms with Gasteiger partial charge >= 0.3 is 0 Å². The highest BCUT2D eigenvalue weighted by Crippen LogP contribution is 2.43. The third kappa shape index (κ3) is 6.87. The van der Waals surface area contributed by atoms with Gasteiger partial charge in [-0.1, -0.05) is 50.6 Å². The second kappa shape index (κ2) is 11.6. The summed E-state index contributed by atoms with van der Waals surface area (Å²) < 4.78 is 11.1. The minimum atomic E-state index is -1.14. The first-order valence-electron chi connectivity index (χ1n) is 11.1. The SMILES string of the molecule is COc1ccccc1[C@@H](O)c1cc(Cl)cc(OC)c1N(CC(C)(C)C)C(=O)CCC(=O)N(C)C. The number of amides is 2. The summed E-state index contributed by atoms with van der Waals surface area (Å²) >= 11 is 6.38. The number of hydrogen-bond acceptors (Lipinski definition) is 5. The normalized spacial score (nSPS) is 12.1. The van der Waals surface area contributed by atoms with Gasteiger partial charge in [-0.3, -0.25) is 9.59 Å². The largest absolute Gasteiger partial charge is 0.496 e. The second-order valence-corrected chi connectivity index (χ2v) is 9.96. The molecule has 2 rings (SSSR count). The molecule has 0 spiro atoms. The summed E-state index contributed by atoms with van der Waals surface area (Å²) in [6.07, 6.45) is -1.05. The van der Waals surface area contributed by atoms with E-state index in [1.54, 1.807) is 49.3 Å². The summed E-state index contributed by atoms with van der Waals surface area (Å²) in [5.41, 5.74) is 1.08. The molecule has 1 N–H and O–H groups in total. The first-order valence-corrected chi connectivity index (χ1v) is 11.5. The van der Waals surface area contributed by atoms with Gasteiger partial charge < -0.3 is 24.4 Å². The highest BCUT2D eigenvalue weighted by Gasteiger charge is 2.31. The number of methoxy groups -OCH3 is 2. The van der Waals surface area contributed by atoms with Gasteiger partial charge in [0, 0.05) is 55.7 Å². The molecule has 1 atom stereocenters. The second-order valence-electron chi connectivity index (χ2n) is 9.52. The Labute approximate surface area is 207 Å². The molecular weight excluding hydrogens is 456 g/mol. The molecule has 2 aromatic rings. The number of aliphatic hydroxyl groups is 1. The lowest BCUT2D eigenvalue weighted by Crippen LogP contribution is -2.39. The fraction of sp³-hybridized carbons (Fsp3) is 0.462. The molecule has 0 unspecified atom stereocenters. The van der Waals surface area contributed by atoms with Crippen LogP contribution in [0.15, 0.2) is 36.4 Å². The number of benzene rings is 2. The highest BCUT2D eigenvalue weighted by atomic mass is 35.5. The van der Waals surface area contributed by atoms with Gasteiger partial charge in [0.1, 0.15) is 17.6 Å². The molecule has 186 valence electrons. The lowest BCUT2D eigenvalue weighted by Gasteiger charge is -2.34. The van der Waals surface area contributed by atoms with Gasteiger partial charge in [-0.25, -0.2) is 0 Å². The minimum absolute atomic E-state index is 0.0169. The monoisotopic (exact) mass is 490 g/mol. The Morgan fingerprint density at radius 3 is 2.12 bits per heavy atom. The van der Waals surface area contributed by atoms with E-state index in [1.165, 1.54) is 19.1 Å². The number of rotatable bonds is 9. The zero-order chi connectivity index (χ0) is 25.6. The van der Waals surface area contributed by atoms with Gasteiger partial charge in [0.25, 0.3) is 0 Å². The predicted molar refractivity (Wildman–Crippen MR) is 135 cm³/mol. The number of halogens is 1. The molecule has 8 heteroatoms. The van der Waals surface area contributed by atoms with Crippen molar-refractivity contribution in [3.8, 4) is 11.5 Å². The van der Waals surface area contributed by atoms with Gasteiger partial charge in [-0.05, 0) is 17.5 Å². The zero-order valence-corrected chi connectivity index (χ0v) is 21.8. The quantitative estimate of drug-likeness (QED) is 0.551. The molecular formula is C26H35ClN2O5. The van der Waals surface area contributed by atoms with Crippen LogP contribution in [0.2, 0.25) is 5.02 Å². The average molecular weight is 491 g/mol. The van der Waals surface area contributed by atoms with E-state index in [2.05, 4.69) is 0 Å². The van der Waals surface area contributed by atoms with Gasteiger partial charge in [0.2, 0.25) is 11.8 Å². The van der Waals surface area contributed by atoms with Crippen LogP contribution in [0.1, 0.15) is 50.8 Å². The van der Waals surface area contributed by atoms with E-state index < -0.39 is 6.10 Å². The Kier molecular flexibility index (Phi) is 9.36. The number of ether oxygens (including phenoxy) is 2. The fourth-order valence-corrected chi connectivity index (χ4v) is 3.86. The van der Waals surface area contributed by atoms with Crippen molar-refractivity contribution >= 4 is 29.1 Å². The molecule has 0 bridgehead atoms. The lowest BCUT2D eigenvalue weighted by molar-refractivity contribution is -0.131. The maximum Gasteiger partial charge on any atom is 0.227 e. The van der Waals surface area contributed by atoms with E-state index in [9.17, 15) is 14.7 Å². The Morgan fingerprint density at radius 2 is 1.56 bits per heavy atom. The first-order chi connectivity index (χ1) is 15.9. The van der Waals surface area contributed by atoms with Gasteiger partial charge in [-0.2, -0.15) is 0 Å². The Bertz CT molecular complexity index is 1020. The smallest absolute Gasteiger partial charge is 0.227 e. The van der Waals surface area contributed by atoms with Crippen LogP contribution < -0.4 is 14.4 Å². The molecule has 2 amide bonds. The lowest BCUT2D eigenvalue weighted by atomic mass is 9.93. The van der Waals surface area contributed by atoms with E-state index in [4.69, 9.17) is 21.1 Å². The van der Waals surface area contributed by atoms with Crippen molar-refractivity contribution < 1.29 is 24.2 Å². The van der Waals surface area contributed by atoms with Crippen LogP contribution in [0, 0.1) is 5.41 Å². The third-order valence-corrected chi connectivity index (χ3v) is 5.49. The summed E-state index contributed by atoms with van der Waals surface area (Å²) in [6.45, 7) is 6.37. The maximum atomic E-state index is 13.5. The summed E-state index contributed by atoms with van der Waals surface area (Å²) in [5, 5.41) is 11.8. The topological polar surface area (TPSA) is 79.3 Å². The van der Waals surface area contributed by atoms with E-state index in [-0.39, 0.29) is 30.1 Å². The molecule has 0 aromatic heterocycles. The Balaban J connectivity index is 2.66. The van der Waals surface area contributed by atoms with Crippen molar-refractivity contribution in [3.05, 3.63) is 52.5 Å². The number of anilines is 1. The summed E-state index contributed by atoms with van der Waals surface area (Å²) in [4.78, 5) is 28.7. The molecule has 0 aliphatic rings. The molecule has 7 nitrogen and oxygen atoms in total. The van der Waals surface area contributed by atoms with Crippen molar-refractivity contribution in [1.29, 1.82) is 0 Å². The number of para-hydroxylation sites is 1. The van der Waals surface area contributed by atoms with E-state index in [0.29, 0.717) is 39.9 Å². The van der Waals surface area contributed by atoms with Gasteiger partial charge in [0.15, 0.2) is 0 Å². The van der Waals surface area contributed by atoms with Crippen LogP contribution in [-0.2, 0) is 9.59 Å². The Hall–Kier alpha value is -2.77.